The predicted molar refractivity (Wildman–Crippen MR) is 106 cm³/mol. The molecule has 0 saturated carbocycles. The van der Waals surface area contributed by atoms with E-state index in [9.17, 15) is 9.59 Å². The summed E-state index contributed by atoms with van der Waals surface area (Å²) in [5.74, 6) is -0.159. The first-order valence-electron chi connectivity index (χ1n) is 9.21. The van der Waals surface area contributed by atoms with Crippen LogP contribution >= 0.6 is 0 Å². The predicted octanol–water partition coefficient (Wildman–Crippen LogP) is 1.38. The van der Waals surface area contributed by atoms with Crippen molar-refractivity contribution in [2.75, 3.05) is 31.2 Å². The second kappa shape index (κ2) is 8.53. The zero-order valence-electron chi connectivity index (χ0n) is 15.6. The molecule has 0 aliphatic carbocycles. The second-order valence-corrected chi connectivity index (χ2v) is 6.45. The third-order valence-electron chi connectivity index (χ3n) is 4.53. The molecule has 0 unspecified atom stereocenters. The maximum atomic E-state index is 12.3. The molecule has 9 nitrogen and oxygen atoms in total. The van der Waals surface area contributed by atoms with Crippen molar-refractivity contribution in [3.8, 4) is 11.3 Å². The minimum absolute atomic E-state index is 0.241. The first kappa shape index (κ1) is 18.6. The molecule has 4 rings (SSSR count). The van der Waals surface area contributed by atoms with E-state index >= 15 is 0 Å². The third-order valence-corrected chi connectivity index (χ3v) is 4.53. The van der Waals surface area contributed by atoms with Crippen molar-refractivity contribution in [3.63, 3.8) is 0 Å². The number of hydrazine groups is 1. The lowest BCUT2D eigenvalue weighted by Crippen LogP contribution is -2.42. The minimum atomic E-state index is -0.495. The van der Waals surface area contributed by atoms with Gasteiger partial charge in [0.1, 0.15) is 11.5 Å². The monoisotopic (exact) mass is 392 g/mol. The molecule has 3 heterocycles. The molecule has 1 saturated heterocycles. The van der Waals surface area contributed by atoms with E-state index in [-0.39, 0.29) is 5.69 Å². The van der Waals surface area contributed by atoms with Crippen molar-refractivity contribution in [3.05, 3.63) is 66.0 Å². The first-order chi connectivity index (χ1) is 14.2. The summed E-state index contributed by atoms with van der Waals surface area (Å²) in [6.07, 6.45) is 1.48. The van der Waals surface area contributed by atoms with E-state index in [2.05, 4.69) is 30.9 Å². The summed E-state index contributed by atoms with van der Waals surface area (Å²) in [7, 11) is 0. The first-order valence-corrected chi connectivity index (χ1v) is 9.21. The van der Waals surface area contributed by atoms with Gasteiger partial charge in [0, 0.05) is 24.8 Å². The minimum Gasteiger partial charge on any atom is -0.378 e. The lowest BCUT2D eigenvalue weighted by molar-refractivity contribution is 0.0843. The van der Waals surface area contributed by atoms with Gasteiger partial charge in [0.15, 0.2) is 0 Å². The number of morpholine rings is 1. The number of H-pyrrole nitrogens is 1. The normalized spacial score (nSPS) is 13.7. The number of aromatic amines is 1. The highest BCUT2D eigenvalue weighted by molar-refractivity contribution is 5.98. The number of hydrogen-bond donors (Lipinski definition) is 3. The maximum absolute atomic E-state index is 12.3. The van der Waals surface area contributed by atoms with Gasteiger partial charge in [-0.3, -0.25) is 25.5 Å². The van der Waals surface area contributed by atoms with Gasteiger partial charge in [0.25, 0.3) is 11.8 Å². The van der Waals surface area contributed by atoms with Crippen molar-refractivity contribution in [2.45, 2.75) is 0 Å². The maximum Gasteiger partial charge on any atom is 0.287 e. The zero-order chi connectivity index (χ0) is 20.1. The SMILES string of the molecule is O=C(NNC(=O)c1cc(-c2ccccc2)n[nH]1)c1ccc(N2CCOCC2)nc1. The summed E-state index contributed by atoms with van der Waals surface area (Å²) in [5, 5.41) is 6.79. The Kier molecular flexibility index (Phi) is 5.48. The van der Waals surface area contributed by atoms with Crippen LogP contribution in [-0.2, 0) is 4.74 Å². The lowest BCUT2D eigenvalue weighted by Gasteiger charge is -2.27. The lowest BCUT2D eigenvalue weighted by atomic mass is 10.1. The van der Waals surface area contributed by atoms with E-state index < -0.39 is 11.8 Å². The molecule has 29 heavy (non-hydrogen) atoms. The molecular formula is C20H20N6O3. The number of nitrogens with zero attached hydrogens (tertiary/aromatic N) is 3. The smallest absolute Gasteiger partial charge is 0.287 e. The quantitative estimate of drug-likeness (QED) is 0.579. The number of pyridine rings is 1. The summed E-state index contributed by atoms with van der Waals surface area (Å²) >= 11 is 0. The highest BCUT2D eigenvalue weighted by Crippen LogP contribution is 2.17. The molecule has 3 aromatic rings. The zero-order valence-corrected chi connectivity index (χ0v) is 15.6. The Labute approximate surface area is 167 Å². The number of rotatable bonds is 4. The third kappa shape index (κ3) is 4.41. The van der Waals surface area contributed by atoms with E-state index in [1.807, 2.05) is 30.3 Å². The Morgan fingerprint density at radius 3 is 2.48 bits per heavy atom. The number of amides is 2. The van der Waals surface area contributed by atoms with Gasteiger partial charge >= 0.3 is 0 Å². The van der Waals surface area contributed by atoms with Gasteiger partial charge in [-0.1, -0.05) is 30.3 Å². The molecule has 148 valence electrons. The van der Waals surface area contributed by atoms with Crippen LogP contribution in [0.4, 0.5) is 5.82 Å². The van der Waals surface area contributed by atoms with Crippen LogP contribution < -0.4 is 15.8 Å². The Bertz CT molecular complexity index is 981. The molecule has 3 N–H and O–H groups in total. The molecule has 1 aromatic carbocycles. The van der Waals surface area contributed by atoms with Crippen LogP contribution in [0.2, 0.25) is 0 Å². The molecule has 9 heteroatoms. The molecule has 1 fully saturated rings. The molecule has 2 amide bonds. The van der Waals surface area contributed by atoms with E-state index in [1.165, 1.54) is 6.20 Å². The van der Waals surface area contributed by atoms with Gasteiger partial charge in [-0.15, -0.1) is 0 Å². The molecule has 0 atom stereocenters. The van der Waals surface area contributed by atoms with E-state index in [1.54, 1.807) is 18.2 Å². The fourth-order valence-corrected chi connectivity index (χ4v) is 2.95. The summed E-state index contributed by atoms with van der Waals surface area (Å²) in [6.45, 7) is 2.86. The van der Waals surface area contributed by atoms with Gasteiger partial charge < -0.3 is 9.64 Å². The van der Waals surface area contributed by atoms with Crippen molar-refractivity contribution < 1.29 is 14.3 Å². The fraction of sp³-hybridized carbons (Fsp3) is 0.200. The Hall–Kier alpha value is -3.72. The van der Waals surface area contributed by atoms with E-state index in [4.69, 9.17) is 4.74 Å². The van der Waals surface area contributed by atoms with Crippen LogP contribution in [0, 0.1) is 0 Å². The highest BCUT2D eigenvalue weighted by atomic mass is 16.5. The Balaban J connectivity index is 1.33. The highest BCUT2D eigenvalue weighted by Gasteiger charge is 2.15. The van der Waals surface area contributed by atoms with Gasteiger partial charge in [0.2, 0.25) is 0 Å². The average molecular weight is 392 g/mol. The molecular weight excluding hydrogens is 372 g/mol. The number of aromatic nitrogens is 3. The number of benzene rings is 1. The van der Waals surface area contributed by atoms with Gasteiger partial charge in [-0.2, -0.15) is 5.10 Å². The van der Waals surface area contributed by atoms with E-state index in [0.29, 0.717) is 24.5 Å². The van der Waals surface area contributed by atoms with Crippen molar-refractivity contribution >= 4 is 17.6 Å². The van der Waals surface area contributed by atoms with Crippen LogP contribution in [0.1, 0.15) is 20.8 Å². The summed E-state index contributed by atoms with van der Waals surface area (Å²) in [5.41, 5.74) is 6.88. The van der Waals surface area contributed by atoms with Gasteiger partial charge in [-0.25, -0.2) is 4.98 Å². The molecule has 2 aromatic heterocycles. The Morgan fingerprint density at radius 1 is 1.00 bits per heavy atom. The standard InChI is InChI=1S/C20H20N6O3/c27-19(15-6-7-18(21-13-15)26-8-10-29-11-9-26)24-25-20(28)17-12-16(22-23-17)14-4-2-1-3-5-14/h1-7,12-13H,8-11H2,(H,22,23)(H,24,27)(H,25,28). The van der Waals surface area contributed by atoms with Crippen LogP contribution in [-0.4, -0.2) is 53.3 Å². The molecule has 1 aliphatic rings. The summed E-state index contributed by atoms with van der Waals surface area (Å²) in [4.78, 5) is 30.9. The summed E-state index contributed by atoms with van der Waals surface area (Å²) < 4.78 is 5.32. The van der Waals surface area contributed by atoms with Crippen molar-refractivity contribution in [1.82, 2.24) is 26.0 Å². The van der Waals surface area contributed by atoms with Gasteiger partial charge in [0.05, 0.1) is 24.5 Å². The number of hydrogen-bond acceptors (Lipinski definition) is 6. The van der Waals surface area contributed by atoms with Crippen LogP contribution in [0.5, 0.6) is 0 Å². The number of carbonyl (C=O) groups excluding carboxylic acids is 2. The van der Waals surface area contributed by atoms with Crippen LogP contribution in [0.3, 0.4) is 0 Å². The molecule has 0 spiro atoms. The van der Waals surface area contributed by atoms with Crippen LogP contribution in [0.25, 0.3) is 11.3 Å². The largest absolute Gasteiger partial charge is 0.378 e. The number of nitrogens with one attached hydrogen (secondary N) is 3. The van der Waals surface area contributed by atoms with Crippen molar-refractivity contribution in [2.24, 2.45) is 0 Å². The molecule has 0 radical (unpaired) electrons. The van der Waals surface area contributed by atoms with E-state index in [0.717, 1.165) is 24.5 Å². The Morgan fingerprint density at radius 2 is 1.76 bits per heavy atom. The van der Waals surface area contributed by atoms with Crippen LogP contribution in [0.15, 0.2) is 54.7 Å². The molecule has 1 aliphatic heterocycles. The number of ether oxygens (including phenoxy) is 1. The molecule has 0 bridgehead atoms. The van der Waals surface area contributed by atoms with Gasteiger partial charge in [-0.05, 0) is 18.2 Å². The number of carbonyl (C=O) groups is 2. The summed E-state index contributed by atoms with van der Waals surface area (Å²) in [6, 6.07) is 14.5. The second-order valence-electron chi connectivity index (χ2n) is 6.45. The fourth-order valence-electron chi connectivity index (χ4n) is 2.95. The topological polar surface area (TPSA) is 112 Å². The number of anilines is 1. The van der Waals surface area contributed by atoms with Crippen molar-refractivity contribution in [1.29, 1.82) is 0 Å². The average Bonchev–Trinajstić information content (AvgIpc) is 3.29.